The molecule has 1 aromatic heterocycles. The van der Waals surface area contributed by atoms with E-state index in [1.165, 1.54) is 0 Å². The van der Waals surface area contributed by atoms with E-state index in [-0.39, 0.29) is 11.9 Å². The van der Waals surface area contributed by atoms with Gasteiger partial charge in [-0.15, -0.1) is 0 Å². The first-order chi connectivity index (χ1) is 14.0. The lowest BCUT2D eigenvalue weighted by Gasteiger charge is -2.38. The molecule has 29 heavy (non-hydrogen) atoms. The Labute approximate surface area is 173 Å². The Hall–Kier alpha value is -2.19. The van der Waals surface area contributed by atoms with Crippen molar-refractivity contribution in [2.45, 2.75) is 38.3 Å². The normalized spacial score (nSPS) is 20.1. The monoisotopic (exact) mass is 403 g/mol. The van der Waals surface area contributed by atoms with Crippen molar-refractivity contribution in [1.82, 2.24) is 25.0 Å². The summed E-state index contributed by atoms with van der Waals surface area (Å²) in [6.45, 7) is 6.34. The maximum atomic E-state index is 12.4. The first kappa shape index (κ1) is 21.5. The van der Waals surface area contributed by atoms with Crippen molar-refractivity contribution in [2.24, 2.45) is 0 Å². The van der Waals surface area contributed by atoms with Gasteiger partial charge in [-0.25, -0.2) is 4.79 Å². The van der Waals surface area contributed by atoms with Gasteiger partial charge >= 0.3 is 6.03 Å². The number of carbonyl (C=O) groups is 2. The largest absolute Gasteiger partial charge is 0.381 e. The molecule has 0 spiro atoms. The van der Waals surface area contributed by atoms with Crippen molar-refractivity contribution in [3.8, 4) is 0 Å². The number of hydrogen-bond donors (Lipinski definition) is 1. The van der Waals surface area contributed by atoms with Gasteiger partial charge in [0.05, 0.1) is 5.56 Å². The van der Waals surface area contributed by atoms with Gasteiger partial charge in [0.25, 0.3) is 5.91 Å². The number of rotatable bonds is 6. The average molecular weight is 404 g/mol. The molecule has 2 fully saturated rings. The molecule has 1 N–H and O–H groups in total. The Balaban J connectivity index is 1.59. The van der Waals surface area contributed by atoms with E-state index in [2.05, 4.69) is 15.2 Å². The van der Waals surface area contributed by atoms with Gasteiger partial charge in [-0.05, 0) is 37.8 Å². The Morgan fingerprint density at radius 2 is 1.97 bits per heavy atom. The number of amides is 3. The molecule has 3 amide bonds. The van der Waals surface area contributed by atoms with E-state index < -0.39 is 0 Å². The zero-order valence-corrected chi connectivity index (χ0v) is 17.8. The van der Waals surface area contributed by atoms with Crippen LogP contribution in [0, 0.1) is 6.92 Å². The van der Waals surface area contributed by atoms with Crippen LogP contribution < -0.4 is 5.32 Å². The highest BCUT2D eigenvalue weighted by Gasteiger charge is 2.34. The molecule has 0 aliphatic carbocycles. The number of ether oxygens (including phenoxy) is 1. The van der Waals surface area contributed by atoms with Gasteiger partial charge < -0.3 is 19.9 Å². The standard InChI is InChI=1S/C21H33N5O3/c1-16-12-17(14-22-13-16)20(27)23-7-9-26(18-5-10-29-11-6-18)19-4-8-25(15-19)21(28)24(2)3/h12-14,18-19H,4-11,15H2,1-3H3,(H,23,27). The SMILES string of the molecule is Cc1cncc(C(=O)NCCN(C2CCOCC2)C2CCN(C(=O)N(C)C)C2)c1. The van der Waals surface area contributed by atoms with Crippen LogP contribution in [0.2, 0.25) is 0 Å². The molecular weight excluding hydrogens is 370 g/mol. The van der Waals surface area contributed by atoms with Gasteiger partial charge in [-0.2, -0.15) is 0 Å². The van der Waals surface area contributed by atoms with Crippen LogP contribution in [0.4, 0.5) is 4.79 Å². The smallest absolute Gasteiger partial charge is 0.319 e. The molecule has 0 aromatic carbocycles. The molecule has 1 atom stereocenters. The molecular formula is C21H33N5O3. The minimum atomic E-state index is -0.0936. The lowest BCUT2D eigenvalue weighted by molar-refractivity contribution is 0.0188. The number of aromatic nitrogens is 1. The summed E-state index contributed by atoms with van der Waals surface area (Å²) in [7, 11) is 3.59. The fourth-order valence-corrected chi connectivity index (χ4v) is 4.23. The molecule has 3 heterocycles. The third-order valence-corrected chi connectivity index (χ3v) is 5.74. The molecule has 2 aliphatic heterocycles. The first-order valence-electron chi connectivity index (χ1n) is 10.4. The van der Waals surface area contributed by atoms with Gasteiger partial charge in [0.1, 0.15) is 0 Å². The molecule has 0 radical (unpaired) electrons. The molecule has 1 unspecified atom stereocenters. The van der Waals surface area contributed by atoms with Crippen LogP contribution in [-0.2, 0) is 4.74 Å². The molecule has 160 valence electrons. The fraction of sp³-hybridized carbons (Fsp3) is 0.667. The van der Waals surface area contributed by atoms with Gasteiger partial charge in [0.15, 0.2) is 0 Å². The molecule has 8 heteroatoms. The third-order valence-electron chi connectivity index (χ3n) is 5.74. The lowest BCUT2D eigenvalue weighted by Crippen LogP contribution is -2.50. The Kier molecular flexibility index (Phi) is 7.44. The molecule has 2 saturated heterocycles. The molecule has 2 aliphatic rings. The van der Waals surface area contributed by atoms with Gasteiger partial charge in [0.2, 0.25) is 0 Å². The van der Waals surface area contributed by atoms with E-state index in [4.69, 9.17) is 4.74 Å². The zero-order valence-electron chi connectivity index (χ0n) is 17.8. The third kappa shape index (κ3) is 5.67. The summed E-state index contributed by atoms with van der Waals surface area (Å²) in [6, 6.07) is 2.67. The first-order valence-corrected chi connectivity index (χ1v) is 10.4. The van der Waals surface area contributed by atoms with Crippen LogP contribution >= 0.6 is 0 Å². The summed E-state index contributed by atoms with van der Waals surface area (Å²) in [5.74, 6) is -0.0936. The highest BCUT2D eigenvalue weighted by molar-refractivity contribution is 5.93. The summed E-state index contributed by atoms with van der Waals surface area (Å²) in [5.41, 5.74) is 1.56. The van der Waals surface area contributed by atoms with E-state index in [0.29, 0.717) is 24.2 Å². The lowest BCUT2D eigenvalue weighted by atomic mass is 10.0. The summed E-state index contributed by atoms with van der Waals surface area (Å²) < 4.78 is 5.54. The zero-order chi connectivity index (χ0) is 20.8. The Morgan fingerprint density at radius 1 is 1.21 bits per heavy atom. The van der Waals surface area contributed by atoms with E-state index >= 15 is 0 Å². The highest BCUT2D eigenvalue weighted by atomic mass is 16.5. The summed E-state index contributed by atoms with van der Waals surface area (Å²) >= 11 is 0. The second-order valence-electron chi connectivity index (χ2n) is 8.15. The predicted molar refractivity (Wildman–Crippen MR) is 111 cm³/mol. The van der Waals surface area contributed by atoms with E-state index in [0.717, 1.165) is 57.7 Å². The number of carbonyl (C=O) groups excluding carboxylic acids is 2. The van der Waals surface area contributed by atoms with E-state index in [1.54, 1.807) is 31.4 Å². The van der Waals surface area contributed by atoms with E-state index in [1.807, 2.05) is 17.9 Å². The van der Waals surface area contributed by atoms with Crippen molar-refractivity contribution in [3.05, 3.63) is 29.6 Å². The molecule has 0 saturated carbocycles. The van der Waals surface area contributed by atoms with Gasteiger partial charge in [-0.3, -0.25) is 14.7 Å². The van der Waals surface area contributed by atoms with Crippen LogP contribution in [-0.4, -0.2) is 97.2 Å². The van der Waals surface area contributed by atoms with Crippen LogP contribution in [0.3, 0.4) is 0 Å². The number of aryl methyl sites for hydroxylation is 1. The average Bonchev–Trinajstić information content (AvgIpc) is 3.20. The number of hydrogen-bond acceptors (Lipinski definition) is 5. The maximum absolute atomic E-state index is 12.4. The number of urea groups is 1. The second kappa shape index (κ2) is 10.0. The number of nitrogens with one attached hydrogen (secondary N) is 1. The quantitative estimate of drug-likeness (QED) is 0.776. The van der Waals surface area contributed by atoms with Gasteiger partial charge in [-0.1, -0.05) is 0 Å². The summed E-state index contributed by atoms with van der Waals surface area (Å²) in [4.78, 5) is 34.9. The number of pyridine rings is 1. The van der Waals surface area contributed by atoms with Crippen molar-refractivity contribution >= 4 is 11.9 Å². The highest BCUT2D eigenvalue weighted by Crippen LogP contribution is 2.23. The van der Waals surface area contributed by atoms with Crippen molar-refractivity contribution in [2.75, 3.05) is 53.5 Å². The van der Waals surface area contributed by atoms with E-state index in [9.17, 15) is 9.59 Å². The summed E-state index contributed by atoms with van der Waals surface area (Å²) in [6.07, 6.45) is 6.29. The number of nitrogens with zero attached hydrogens (tertiary/aromatic N) is 4. The fourth-order valence-electron chi connectivity index (χ4n) is 4.23. The minimum absolute atomic E-state index is 0.0691. The van der Waals surface area contributed by atoms with Crippen molar-refractivity contribution in [3.63, 3.8) is 0 Å². The maximum Gasteiger partial charge on any atom is 0.319 e. The second-order valence-corrected chi connectivity index (χ2v) is 8.15. The van der Waals surface area contributed by atoms with Crippen LogP contribution in [0.25, 0.3) is 0 Å². The van der Waals surface area contributed by atoms with Gasteiger partial charge in [0, 0.05) is 78.0 Å². The van der Waals surface area contributed by atoms with Crippen molar-refractivity contribution in [1.29, 1.82) is 0 Å². The predicted octanol–water partition coefficient (Wildman–Crippen LogP) is 1.36. The summed E-state index contributed by atoms with van der Waals surface area (Å²) in [5, 5.41) is 3.03. The Morgan fingerprint density at radius 3 is 2.66 bits per heavy atom. The van der Waals surface area contributed by atoms with Crippen LogP contribution in [0.1, 0.15) is 35.2 Å². The number of likely N-dealkylation sites (tertiary alicyclic amines) is 1. The molecule has 0 bridgehead atoms. The molecule has 3 rings (SSSR count). The van der Waals surface area contributed by atoms with Crippen LogP contribution in [0.15, 0.2) is 18.5 Å². The Bertz CT molecular complexity index is 705. The molecule has 1 aromatic rings. The van der Waals surface area contributed by atoms with Crippen molar-refractivity contribution < 1.29 is 14.3 Å². The minimum Gasteiger partial charge on any atom is -0.381 e. The topological polar surface area (TPSA) is 78.0 Å². The molecule has 8 nitrogen and oxygen atoms in total. The van der Waals surface area contributed by atoms with Crippen LogP contribution in [0.5, 0.6) is 0 Å².